The van der Waals surface area contributed by atoms with E-state index in [4.69, 9.17) is 12.2 Å². The molecule has 0 saturated heterocycles. The minimum absolute atomic E-state index is 0.143. The normalized spacial score (nSPS) is 12.6. The van der Waals surface area contributed by atoms with Gasteiger partial charge in [-0.15, -0.1) is 0 Å². The molecule has 0 fully saturated rings. The lowest BCUT2D eigenvalue weighted by Gasteiger charge is -2.19. The summed E-state index contributed by atoms with van der Waals surface area (Å²) in [6.07, 6.45) is 5.31. The van der Waals surface area contributed by atoms with Crippen LogP contribution >= 0.6 is 12.2 Å². The molecule has 0 saturated carbocycles. The summed E-state index contributed by atoms with van der Waals surface area (Å²) in [7, 11) is 7.42. The molecule has 4 heteroatoms. The third-order valence-electron chi connectivity index (χ3n) is 2.34. The van der Waals surface area contributed by atoms with Crippen LogP contribution in [-0.2, 0) is 4.79 Å². The van der Waals surface area contributed by atoms with Crippen LogP contribution in [0.5, 0.6) is 0 Å². The SMILES string of the molecule is C/C=C/C(CC(=O)N(C)C)CC(=S)N(C)C. The molecule has 0 aromatic heterocycles. The van der Waals surface area contributed by atoms with Crippen LogP contribution in [0.25, 0.3) is 0 Å². The van der Waals surface area contributed by atoms with Crippen molar-refractivity contribution in [3.05, 3.63) is 12.2 Å². The summed E-state index contributed by atoms with van der Waals surface area (Å²) in [5.41, 5.74) is 0. The van der Waals surface area contributed by atoms with E-state index >= 15 is 0 Å². The van der Waals surface area contributed by atoms with Gasteiger partial charge in [-0.05, 0) is 12.8 Å². The second kappa shape index (κ2) is 7.39. The van der Waals surface area contributed by atoms with E-state index in [9.17, 15) is 4.79 Å². The Morgan fingerprint density at radius 3 is 2.12 bits per heavy atom. The van der Waals surface area contributed by atoms with Gasteiger partial charge in [-0.3, -0.25) is 4.79 Å². The van der Waals surface area contributed by atoms with Gasteiger partial charge in [0, 0.05) is 41.0 Å². The standard InChI is InChI=1S/C12H22N2OS/c1-6-7-10(8-11(15)13(2)3)9-12(16)14(4)5/h6-7,10H,8-9H2,1-5H3/b7-6+. The van der Waals surface area contributed by atoms with E-state index in [1.807, 2.05) is 32.0 Å². The highest BCUT2D eigenvalue weighted by Crippen LogP contribution is 2.14. The number of carbonyl (C=O) groups is 1. The second-order valence-corrected chi connectivity index (χ2v) is 4.74. The lowest BCUT2D eigenvalue weighted by molar-refractivity contribution is -0.129. The highest BCUT2D eigenvalue weighted by Gasteiger charge is 2.15. The van der Waals surface area contributed by atoms with E-state index in [2.05, 4.69) is 6.08 Å². The topological polar surface area (TPSA) is 23.6 Å². The zero-order valence-electron chi connectivity index (χ0n) is 10.9. The highest BCUT2D eigenvalue weighted by atomic mass is 32.1. The molecule has 3 nitrogen and oxygen atoms in total. The number of thiocarbonyl (C=S) groups is 1. The van der Waals surface area contributed by atoms with Crippen LogP contribution in [0.2, 0.25) is 0 Å². The molecule has 0 heterocycles. The monoisotopic (exact) mass is 242 g/mol. The summed E-state index contributed by atoms with van der Waals surface area (Å²) in [6.45, 7) is 1.96. The number of nitrogens with zero attached hydrogens (tertiary/aromatic N) is 2. The van der Waals surface area contributed by atoms with E-state index in [0.717, 1.165) is 11.4 Å². The van der Waals surface area contributed by atoms with E-state index in [1.54, 1.807) is 19.0 Å². The largest absolute Gasteiger partial charge is 0.372 e. The molecule has 1 amide bonds. The number of allylic oxidation sites excluding steroid dienone is 2. The maximum Gasteiger partial charge on any atom is 0.222 e. The summed E-state index contributed by atoms with van der Waals surface area (Å²) >= 11 is 5.25. The Hall–Kier alpha value is -0.900. The molecule has 92 valence electrons. The molecule has 0 aromatic rings. The average Bonchev–Trinajstić information content (AvgIpc) is 2.17. The van der Waals surface area contributed by atoms with Crippen LogP contribution in [0.4, 0.5) is 0 Å². The van der Waals surface area contributed by atoms with Gasteiger partial charge in [0.1, 0.15) is 0 Å². The summed E-state index contributed by atoms with van der Waals surface area (Å²) in [5, 5.41) is 0. The summed E-state index contributed by atoms with van der Waals surface area (Å²) in [4.78, 5) is 16.0. The van der Waals surface area contributed by atoms with Gasteiger partial charge < -0.3 is 9.80 Å². The van der Waals surface area contributed by atoms with Crippen molar-refractivity contribution in [3.8, 4) is 0 Å². The molecule has 0 aliphatic carbocycles. The molecule has 0 aliphatic heterocycles. The van der Waals surface area contributed by atoms with Crippen molar-refractivity contribution in [1.29, 1.82) is 0 Å². The summed E-state index contributed by atoms with van der Waals surface area (Å²) < 4.78 is 0. The molecule has 0 aliphatic rings. The van der Waals surface area contributed by atoms with Crippen molar-refractivity contribution in [2.24, 2.45) is 5.92 Å². The first kappa shape index (κ1) is 15.1. The molecular formula is C12H22N2OS. The van der Waals surface area contributed by atoms with Crippen molar-refractivity contribution in [2.45, 2.75) is 19.8 Å². The Bertz CT molecular complexity index is 250. The first-order valence-electron chi connectivity index (χ1n) is 5.41. The number of hydrogen-bond donors (Lipinski definition) is 0. The minimum Gasteiger partial charge on any atom is -0.372 e. The first-order chi connectivity index (χ1) is 7.38. The first-order valence-corrected chi connectivity index (χ1v) is 5.82. The van der Waals surface area contributed by atoms with E-state index in [0.29, 0.717) is 6.42 Å². The van der Waals surface area contributed by atoms with Gasteiger partial charge in [-0.2, -0.15) is 0 Å². The Labute approximate surface area is 104 Å². The third-order valence-corrected chi connectivity index (χ3v) is 2.87. The second-order valence-electron chi connectivity index (χ2n) is 4.27. The van der Waals surface area contributed by atoms with Gasteiger partial charge in [-0.25, -0.2) is 0 Å². The Morgan fingerprint density at radius 2 is 1.75 bits per heavy atom. The quantitative estimate of drug-likeness (QED) is 0.544. The molecule has 0 bridgehead atoms. The molecule has 16 heavy (non-hydrogen) atoms. The summed E-state index contributed by atoms with van der Waals surface area (Å²) in [6, 6.07) is 0. The van der Waals surface area contributed by atoms with Crippen molar-refractivity contribution in [2.75, 3.05) is 28.2 Å². The van der Waals surface area contributed by atoms with E-state index < -0.39 is 0 Å². The van der Waals surface area contributed by atoms with Crippen molar-refractivity contribution in [3.63, 3.8) is 0 Å². The molecule has 0 rings (SSSR count). The van der Waals surface area contributed by atoms with Gasteiger partial charge in [0.15, 0.2) is 0 Å². The molecule has 1 atom stereocenters. The van der Waals surface area contributed by atoms with Crippen molar-refractivity contribution >= 4 is 23.1 Å². The number of amides is 1. The molecule has 0 N–H and O–H groups in total. The molecule has 1 unspecified atom stereocenters. The van der Waals surface area contributed by atoms with Crippen LogP contribution in [0.15, 0.2) is 12.2 Å². The predicted octanol–water partition coefficient (Wildman–Crippen LogP) is 1.94. The fourth-order valence-corrected chi connectivity index (χ4v) is 1.51. The Balaban J connectivity index is 4.39. The lowest BCUT2D eigenvalue weighted by atomic mass is 10.00. The average molecular weight is 242 g/mol. The fraction of sp³-hybridized carbons (Fsp3) is 0.667. The number of hydrogen-bond acceptors (Lipinski definition) is 2. The molecule has 0 radical (unpaired) electrons. The Kier molecular flexibility index (Phi) is 6.97. The molecule has 0 aromatic carbocycles. The lowest BCUT2D eigenvalue weighted by Crippen LogP contribution is -2.27. The van der Waals surface area contributed by atoms with Gasteiger partial charge in [-0.1, -0.05) is 24.4 Å². The van der Waals surface area contributed by atoms with Crippen LogP contribution in [0.1, 0.15) is 19.8 Å². The van der Waals surface area contributed by atoms with E-state index in [1.165, 1.54) is 0 Å². The predicted molar refractivity (Wildman–Crippen MR) is 72.5 cm³/mol. The number of rotatable bonds is 5. The van der Waals surface area contributed by atoms with Crippen LogP contribution in [-0.4, -0.2) is 48.9 Å². The zero-order chi connectivity index (χ0) is 12.7. The fourth-order valence-electron chi connectivity index (χ4n) is 1.29. The van der Waals surface area contributed by atoms with Crippen LogP contribution < -0.4 is 0 Å². The highest BCUT2D eigenvalue weighted by molar-refractivity contribution is 7.80. The van der Waals surface area contributed by atoms with Gasteiger partial charge in [0.25, 0.3) is 0 Å². The smallest absolute Gasteiger partial charge is 0.222 e. The van der Waals surface area contributed by atoms with Crippen LogP contribution in [0.3, 0.4) is 0 Å². The van der Waals surface area contributed by atoms with Gasteiger partial charge >= 0.3 is 0 Å². The van der Waals surface area contributed by atoms with Crippen molar-refractivity contribution in [1.82, 2.24) is 9.80 Å². The maximum atomic E-state index is 11.6. The number of carbonyl (C=O) groups excluding carboxylic acids is 1. The molecule has 0 spiro atoms. The van der Waals surface area contributed by atoms with Gasteiger partial charge in [0.2, 0.25) is 5.91 Å². The maximum absolute atomic E-state index is 11.6. The third kappa shape index (κ3) is 5.85. The molecular weight excluding hydrogens is 220 g/mol. The van der Waals surface area contributed by atoms with Crippen LogP contribution in [0, 0.1) is 5.92 Å². The van der Waals surface area contributed by atoms with Gasteiger partial charge in [0.05, 0.1) is 4.99 Å². The Morgan fingerprint density at radius 1 is 1.19 bits per heavy atom. The summed E-state index contributed by atoms with van der Waals surface area (Å²) in [5.74, 6) is 0.347. The van der Waals surface area contributed by atoms with E-state index in [-0.39, 0.29) is 11.8 Å². The van der Waals surface area contributed by atoms with Crippen molar-refractivity contribution < 1.29 is 4.79 Å². The zero-order valence-corrected chi connectivity index (χ0v) is 11.7. The minimum atomic E-state index is 0.143.